The van der Waals surface area contributed by atoms with Gasteiger partial charge in [-0.25, -0.2) is 13.6 Å². The minimum atomic E-state index is -1.11. The average molecular weight is 535 g/mol. The van der Waals surface area contributed by atoms with E-state index in [1.807, 2.05) is 45.9 Å². The molecule has 1 heterocycles. The standard InChI is InChI=1S/C29H40F2N2O5/c1-17(2)37-21-8-9-23-22(14-21)25(16-36-29(23,6)7)32-15-26(34)24(33-27(35)38-28(3,4)5)12-18-10-19(30)13-20(31)11-18/h8-11,13-14,17,24-26,32,34H,12,15-16H2,1-7H3,(H,33,35). The van der Waals surface area contributed by atoms with Gasteiger partial charge in [-0.05, 0) is 95.8 Å². The molecule has 1 aliphatic rings. The summed E-state index contributed by atoms with van der Waals surface area (Å²) in [6, 6.07) is 7.88. The van der Waals surface area contributed by atoms with Crippen LogP contribution >= 0.6 is 0 Å². The molecule has 9 heteroatoms. The molecule has 7 nitrogen and oxygen atoms in total. The second kappa shape index (κ2) is 12.0. The Bertz CT molecular complexity index is 1100. The minimum absolute atomic E-state index is 0.00602. The van der Waals surface area contributed by atoms with E-state index in [1.54, 1.807) is 20.8 Å². The number of carbonyl (C=O) groups is 1. The van der Waals surface area contributed by atoms with E-state index < -0.39 is 41.1 Å². The molecule has 1 aliphatic heterocycles. The molecule has 3 unspecified atom stereocenters. The van der Waals surface area contributed by atoms with Crippen LogP contribution in [0.2, 0.25) is 0 Å². The van der Waals surface area contributed by atoms with Crippen LogP contribution in [0.5, 0.6) is 5.75 Å². The predicted octanol–water partition coefficient (Wildman–Crippen LogP) is 5.14. The van der Waals surface area contributed by atoms with Crippen molar-refractivity contribution in [2.75, 3.05) is 13.2 Å². The molecule has 3 N–H and O–H groups in total. The van der Waals surface area contributed by atoms with Gasteiger partial charge in [-0.15, -0.1) is 0 Å². The van der Waals surface area contributed by atoms with Crippen LogP contribution in [0.25, 0.3) is 0 Å². The Morgan fingerprint density at radius 1 is 1.16 bits per heavy atom. The lowest BCUT2D eigenvalue weighted by Crippen LogP contribution is -2.51. The van der Waals surface area contributed by atoms with E-state index in [2.05, 4.69) is 10.6 Å². The first-order valence-electron chi connectivity index (χ1n) is 12.9. The summed E-state index contributed by atoms with van der Waals surface area (Å²) < 4.78 is 45.0. The van der Waals surface area contributed by atoms with Crippen molar-refractivity contribution in [2.45, 2.75) is 90.4 Å². The van der Waals surface area contributed by atoms with E-state index in [-0.39, 0.29) is 25.1 Å². The number of hydrogen-bond acceptors (Lipinski definition) is 6. The Kier molecular flexibility index (Phi) is 9.39. The molecule has 38 heavy (non-hydrogen) atoms. The third-order valence-electron chi connectivity index (χ3n) is 6.15. The van der Waals surface area contributed by atoms with Gasteiger partial charge in [-0.3, -0.25) is 0 Å². The summed E-state index contributed by atoms with van der Waals surface area (Å²) in [5.74, 6) is -0.732. The Morgan fingerprint density at radius 3 is 2.42 bits per heavy atom. The van der Waals surface area contributed by atoms with Gasteiger partial charge in [0, 0.05) is 12.6 Å². The zero-order chi connectivity index (χ0) is 28.3. The fourth-order valence-corrected chi connectivity index (χ4v) is 4.48. The third-order valence-corrected chi connectivity index (χ3v) is 6.15. The Hall–Kier alpha value is -2.75. The van der Waals surface area contributed by atoms with E-state index in [0.29, 0.717) is 12.2 Å². The van der Waals surface area contributed by atoms with Gasteiger partial charge in [0.05, 0.1) is 36.5 Å². The monoisotopic (exact) mass is 534 g/mol. The lowest BCUT2D eigenvalue weighted by Gasteiger charge is -2.38. The van der Waals surface area contributed by atoms with Crippen molar-refractivity contribution >= 4 is 6.09 Å². The highest BCUT2D eigenvalue weighted by Gasteiger charge is 2.35. The van der Waals surface area contributed by atoms with Crippen molar-refractivity contribution in [3.05, 3.63) is 64.7 Å². The van der Waals surface area contributed by atoms with Crippen molar-refractivity contribution in [1.82, 2.24) is 10.6 Å². The summed E-state index contributed by atoms with van der Waals surface area (Å²) in [5, 5.41) is 17.1. The number of hydrogen-bond donors (Lipinski definition) is 3. The lowest BCUT2D eigenvalue weighted by molar-refractivity contribution is -0.0488. The summed E-state index contributed by atoms with van der Waals surface area (Å²) in [6.07, 6.45) is -1.83. The molecule has 0 bridgehead atoms. The third kappa shape index (κ3) is 8.38. The molecule has 210 valence electrons. The molecule has 0 radical (unpaired) electrons. The van der Waals surface area contributed by atoms with Crippen LogP contribution in [-0.4, -0.2) is 48.2 Å². The van der Waals surface area contributed by atoms with Crippen LogP contribution in [0.4, 0.5) is 13.6 Å². The van der Waals surface area contributed by atoms with Gasteiger partial charge in [0.2, 0.25) is 0 Å². The highest BCUT2D eigenvalue weighted by atomic mass is 19.1. The van der Waals surface area contributed by atoms with Crippen LogP contribution in [-0.2, 0) is 21.5 Å². The Labute approximate surface area is 223 Å². The normalized spacial score (nSPS) is 18.4. The van der Waals surface area contributed by atoms with Crippen molar-refractivity contribution in [3.63, 3.8) is 0 Å². The number of benzene rings is 2. The minimum Gasteiger partial charge on any atom is -0.491 e. The van der Waals surface area contributed by atoms with Gasteiger partial charge in [0.1, 0.15) is 23.0 Å². The second-order valence-electron chi connectivity index (χ2n) is 11.5. The molecule has 2 aromatic rings. The van der Waals surface area contributed by atoms with Crippen LogP contribution in [0.15, 0.2) is 36.4 Å². The van der Waals surface area contributed by atoms with Crippen LogP contribution in [0.3, 0.4) is 0 Å². The summed E-state index contributed by atoms with van der Waals surface area (Å²) in [7, 11) is 0. The van der Waals surface area contributed by atoms with Crippen molar-refractivity contribution in [2.24, 2.45) is 0 Å². The summed E-state index contributed by atoms with van der Waals surface area (Å²) in [4.78, 5) is 12.5. The molecule has 0 saturated heterocycles. The lowest BCUT2D eigenvalue weighted by atomic mass is 9.86. The maximum atomic E-state index is 13.8. The van der Waals surface area contributed by atoms with E-state index in [4.69, 9.17) is 14.2 Å². The quantitative estimate of drug-likeness (QED) is 0.413. The van der Waals surface area contributed by atoms with Crippen LogP contribution in [0.1, 0.15) is 71.2 Å². The van der Waals surface area contributed by atoms with Gasteiger partial charge < -0.3 is 30.0 Å². The second-order valence-corrected chi connectivity index (χ2v) is 11.5. The summed E-state index contributed by atoms with van der Waals surface area (Å²) in [5.41, 5.74) is 1.05. The van der Waals surface area contributed by atoms with Crippen LogP contribution in [0, 0.1) is 11.6 Å². The van der Waals surface area contributed by atoms with E-state index in [9.17, 15) is 18.7 Å². The summed E-state index contributed by atoms with van der Waals surface area (Å²) >= 11 is 0. The number of aliphatic hydroxyl groups excluding tert-OH is 1. The highest BCUT2D eigenvalue weighted by Crippen LogP contribution is 2.38. The zero-order valence-electron chi connectivity index (χ0n) is 23.2. The number of alkyl carbamates (subject to hydrolysis) is 1. The molecule has 3 atom stereocenters. The van der Waals surface area contributed by atoms with Gasteiger partial charge >= 0.3 is 6.09 Å². The molecule has 0 aliphatic carbocycles. The number of ether oxygens (including phenoxy) is 3. The Morgan fingerprint density at radius 2 is 1.82 bits per heavy atom. The molecule has 0 spiro atoms. The first kappa shape index (κ1) is 29.8. The molecule has 0 fully saturated rings. The molecular formula is C29H40F2N2O5. The number of halogens is 2. The van der Waals surface area contributed by atoms with Gasteiger partial charge in [0.25, 0.3) is 0 Å². The van der Waals surface area contributed by atoms with E-state index >= 15 is 0 Å². The maximum Gasteiger partial charge on any atom is 0.407 e. The van der Waals surface area contributed by atoms with Gasteiger partial charge in [-0.1, -0.05) is 6.07 Å². The molecule has 0 saturated carbocycles. The number of carbonyl (C=O) groups excluding carboxylic acids is 1. The number of fused-ring (bicyclic) bond motifs is 1. The zero-order valence-corrected chi connectivity index (χ0v) is 23.2. The van der Waals surface area contributed by atoms with Crippen molar-refractivity contribution in [3.8, 4) is 5.75 Å². The fraction of sp³-hybridized carbons (Fsp3) is 0.552. The first-order valence-corrected chi connectivity index (χ1v) is 12.9. The number of rotatable bonds is 9. The number of aliphatic hydroxyl groups is 1. The van der Waals surface area contributed by atoms with Gasteiger partial charge in [-0.2, -0.15) is 0 Å². The van der Waals surface area contributed by atoms with Crippen LogP contribution < -0.4 is 15.4 Å². The first-order chi connectivity index (χ1) is 17.6. The molecular weight excluding hydrogens is 494 g/mol. The maximum absolute atomic E-state index is 13.8. The predicted molar refractivity (Wildman–Crippen MR) is 141 cm³/mol. The average Bonchev–Trinajstić information content (AvgIpc) is 2.75. The SMILES string of the molecule is CC(C)Oc1ccc2c(c1)C(NCC(O)C(Cc1cc(F)cc(F)c1)NC(=O)OC(C)(C)C)COC2(C)C. The molecule has 1 amide bonds. The molecule has 0 aromatic heterocycles. The van der Waals surface area contributed by atoms with Crippen molar-refractivity contribution < 1.29 is 32.9 Å². The number of nitrogens with one attached hydrogen (secondary N) is 2. The topological polar surface area (TPSA) is 89.1 Å². The van der Waals surface area contributed by atoms with E-state index in [1.165, 1.54) is 12.1 Å². The Balaban J connectivity index is 1.79. The van der Waals surface area contributed by atoms with Gasteiger partial charge in [0.15, 0.2) is 0 Å². The number of amides is 1. The molecule has 2 aromatic carbocycles. The molecule has 3 rings (SSSR count). The smallest absolute Gasteiger partial charge is 0.407 e. The largest absolute Gasteiger partial charge is 0.491 e. The van der Waals surface area contributed by atoms with E-state index in [0.717, 1.165) is 22.9 Å². The summed E-state index contributed by atoms with van der Waals surface area (Å²) in [6.45, 7) is 13.5. The fourth-order valence-electron chi connectivity index (χ4n) is 4.48. The van der Waals surface area contributed by atoms with Crippen molar-refractivity contribution in [1.29, 1.82) is 0 Å². The highest BCUT2D eigenvalue weighted by molar-refractivity contribution is 5.68.